The van der Waals surface area contributed by atoms with Gasteiger partial charge in [0.25, 0.3) is 5.91 Å². The average molecular weight is 369 g/mol. The molecule has 4 aromatic rings. The van der Waals surface area contributed by atoms with E-state index in [1.807, 2.05) is 71.6 Å². The summed E-state index contributed by atoms with van der Waals surface area (Å²) >= 11 is 0. The number of likely N-dealkylation sites (tertiary alicyclic amines) is 1. The zero-order chi connectivity index (χ0) is 18.9. The van der Waals surface area contributed by atoms with Gasteiger partial charge in [-0.05, 0) is 23.6 Å². The van der Waals surface area contributed by atoms with E-state index in [0.29, 0.717) is 24.7 Å². The number of carbonyl (C=O) groups is 1. The Morgan fingerprint density at radius 1 is 0.964 bits per heavy atom. The zero-order valence-corrected chi connectivity index (χ0v) is 15.3. The van der Waals surface area contributed by atoms with Crippen LogP contribution in [0.25, 0.3) is 21.7 Å². The van der Waals surface area contributed by atoms with Crippen LogP contribution in [0.3, 0.4) is 0 Å². The van der Waals surface area contributed by atoms with Crippen LogP contribution in [0.15, 0.2) is 72.9 Å². The number of ether oxygens (including phenoxy) is 1. The Balaban J connectivity index is 1.33. The van der Waals surface area contributed by atoms with Crippen LogP contribution in [0.2, 0.25) is 0 Å². The monoisotopic (exact) mass is 369 g/mol. The van der Waals surface area contributed by atoms with Gasteiger partial charge in [0.1, 0.15) is 11.8 Å². The maximum absolute atomic E-state index is 13.0. The molecule has 1 atom stereocenters. The standard InChI is InChI=1S/C23H19N3O2/c27-23(22-19-7-3-1-5-16(19)11-13-24-22)26-14-12-18(15-26)28-21-10-9-17-6-2-4-8-20(17)25-21/h1-11,13,18H,12,14-15H2. The van der Waals surface area contributed by atoms with E-state index in [1.54, 1.807) is 6.20 Å². The van der Waals surface area contributed by atoms with Crippen LogP contribution >= 0.6 is 0 Å². The molecule has 1 saturated heterocycles. The van der Waals surface area contributed by atoms with Crippen molar-refractivity contribution in [3.05, 3.63) is 78.6 Å². The van der Waals surface area contributed by atoms with Crippen molar-refractivity contribution in [2.45, 2.75) is 12.5 Å². The summed E-state index contributed by atoms with van der Waals surface area (Å²) in [5.74, 6) is 0.552. The maximum atomic E-state index is 13.0. The van der Waals surface area contributed by atoms with E-state index in [2.05, 4.69) is 9.97 Å². The van der Waals surface area contributed by atoms with Gasteiger partial charge in [-0.2, -0.15) is 0 Å². The number of rotatable bonds is 3. The van der Waals surface area contributed by atoms with E-state index in [9.17, 15) is 4.79 Å². The minimum atomic E-state index is -0.0624. The van der Waals surface area contributed by atoms with Crippen molar-refractivity contribution in [2.24, 2.45) is 0 Å². The van der Waals surface area contributed by atoms with Gasteiger partial charge in [0.15, 0.2) is 0 Å². The Bertz CT molecular complexity index is 1170. The summed E-state index contributed by atoms with van der Waals surface area (Å²) in [6, 6.07) is 21.6. The van der Waals surface area contributed by atoms with E-state index >= 15 is 0 Å². The molecule has 0 N–H and O–H groups in total. The SMILES string of the molecule is O=C(c1nccc2ccccc12)N1CCC(Oc2ccc3ccccc3n2)C1. The summed E-state index contributed by atoms with van der Waals surface area (Å²) in [5.41, 5.74) is 1.41. The molecule has 3 heterocycles. The minimum absolute atomic E-state index is 0.0469. The molecule has 0 bridgehead atoms. The molecule has 1 fully saturated rings. The van der Waals surface area contributed by atoms with E-state index in [0.717, 1.165) is 28.1 Å². The number of fused-ring (bicyclic) bond motifs is 2. The topological polar surface area (TPSA) is 55.3 Å². The highest BCUT2D eigenvalue weighted by Crippen LogP contribution is 2.23. The highest BCUT2D eigenvalue weighted by atomic mass is 16.5. The maximum Gasteiger partial charge on any atom is 0.273 e. The van der Waals surface area contributed by atoms with Crippen molar-refractivity contribution < 1.29 is 9.53 Å². The second kappa shape index (κ2) is 6.93. The molecule has 138 valence electrons. The van der Waals surface area contributed by atoms with Gasteiger partial charge >= 0.3 is 0 Å². The highest BCUT2D eigenvalue weighted by Gasteiger charge is 2.30. The molecule has 5 heteroatoms. The molecule has 1 unspecified atom stereocenters. The van der Waals surface area contributed by atoms with Crippen LogP contribution < -0.4 is 4.74 Å². The van der Waals surface area contributed by atoms with Gasteiger partial charge in [-0.25, -0.2) is 4.98 Å². The van der Waals surface area contributed by atoms with E-state index < -0.39 is 0 Å². The normalized spacial score (nSPS) is 16.6. The van der Waals surface area contributed by atoms with Crippen LogP contribution in [0.5, 0.6) is 5.88 Å². The number of para-hydroxylation sites is 1. The fourth-order valence-corrected chi connectivity index (χ4v) is 3.73. The van der Waals surface area contributed by atoms with Crippen molar-refractivity contribution >= 4 is 27.6 Å². The number of aromatic nitrogens is 2. The first-order valence-corrected chi connectivity index (χ1v) is 9.43. The summed E-state index contributed by atoms with van der Waals surface area (Å²) in [6.07, 6.45) is 2.41. The zero-order valence-electron chi connectivity index (χ0n) is 15.3. The third kappa shape index (κ3) is 3.05. The third-order valence-electron chi connectivity index (χ3n) is 5.17. The lowest BCUT2D eigenvalue weighted by Gasteiger charge is -2.17. The van der Waals surface area contributed by atoms with E-state index in [4.69, 9.17) is 4.74 Å². The van der Waals surface area contributed by atoms with Crippen molar-refractivity contribution in [2.75, 3.05) is 13.1 Å². The Morgan fingerprint density at radius 3 is 2.71 bits per heavy atom. The highest BCUT2D eigenvalue weighted by molar-refractivity contribution is 6.05. The minimum Gasteiger partial charge on any atom is -0.472 e. The molecule has 0 radical (unpaired) electrons. The second-order valence-electron chi connectivity index (χ2n) is 7.00. The number of hydrogen-bond acceptors (Lipinski definition) is 4. The predicted octanol–water partition coefficient (Wildman–Crippen LogP) is 4.08. The summed E-state index contributed by atoms with van der Waals surface area (Å²) in [5, 5.41) is 2.99. The molecule has 1 aliphatic heterocycles. The summed E-state index contributed by atoms with van der Waals surface area (Å²) < 4.78 is 6.06. The molecular formula is C23H19N3O2. The summed E-state index contributed by atoms with van der Waals surface area (Å²) in [4.78, 5) is 23.8. The Kier molecular flexibility index (Phi) is 4.13. The van der Waals surface area contributed by atoms with Crippen molar-refractivity contribution in [3.63, 3.8) is 0 Å². The van der Waals surface area contributed by atoms with Gasteiger partial charge < -0.3 is 9.64 Å². The van der Waals surface area contributed by atoms with Gasteiger partial charge in [0.2, 0.25) is 5.88 Å². The molecule has 0 spiro atoms. The third-order valence-corrected chi connectivity index (χ3v) is 5.17. The molecule has 0 aliphatic carbocycles. The Hall–Kier alpha value is -3.47. The first-order valence-electron chi connectivity index (χ1n) is 9.43. The lowest BCUT2D eigenvalue weighted by molar-refractivity contribution is 0.0767. The molecule has 2 aromatic heterocycles. The quantitative estimate of drug-likeness (QED) is 0.546. The largest absolute Gasteiger partial charge is 0.472 e. The molecule has 28 heavy (non-hydrogen) atoms. The van der Waals surface area contributed by atoms with Crippen LogP contribution in [0.4, 0.5) is 0 Å². The van der Waals surface area contributed by atoms with Crippen molar-refractivity contribution in [1.82, 2.24) is 14.9 Å². The summed E-state index contributed by atoms with van der Waals surface area (Å²) in [6.45, 7) is 1.19. The fourth-order valence-electron chi connectivity index (χ4n) is 3.73. The number of nitrogens with zero attached hydrogens (tertiary/aromatic N) is 3. The first kappa shape index (κ1) is 16.7. The fraction of sp³-hybridized carbons (Fsp3) is 0.174. The van der Waals surface area contributed by atoms with Gasteiger partial charge in [-0.1, -0.05) is 42.5 Å². The van der Waals surface area contributed by atoms with Gasteiger partial charge in [-0.15, -0.1) is 0 Å². The van der Waals surface area contributed by atoms with Crippen LogP contribution in [-0.2, 0) is 0 Å². The molecule has 0 saturated carbocycles. The van der Waals surface area contributed by atoms with E-state index in [1.165, 1.54) is 0 Å². The molecule has 5 nitrogen and oxygen atoms in total. The molecule has 5 rings (SSSR count). The van der Waals surface area contributed by atoms with Gasteiger partial charge in [0.05, 0.1) is 12.1 Å². The molecule has 2 aromatic carbocycles. The number of amides is 1. The molecular weight excluding hydrogens is 350 g/mol. The van der Waals surface area contributed by atoms with Crippen molar-refractivity contribution in [1.29, 1.82) is 0 Å². The number of hydrogen-bond donors (Lipinski definition) is 0. The molecule has 1 amide bonds. The van der Waals surface area contributed by atoms with Crippen LogP contribution in [0.1, 0.15) is 16.9 Å². The lowest BCUT2D eigenvalue weighted by atomic mass is 10.1. The second-order valence-corrected chi connectivity index (χ2v) is 7.00. The smallest absolute Gasteiger partial charge is 0.273 e. The van der Waals surface area contributed by atoms with Gasteiger partial charge in [0, 0.05) is 36.0 Å². The number of pyridine rings is 2. The number of benzene rings is 2. The lowest BCUT2D eigenvalue weighted by Crippen LogP contribution is -2.31. The Labute approximate surface area is 162 Å². The van der Waals surface area contributed by atoms with Crippen molar-refractivity contribution in [3.8, 4) is 5.88 Å². The van der Waals surface area contributed by atoms with Crippen LogP contribution in [-0.4, -0.2) is 40.0 Å². The van der Waals surface area contributed by atoms with Crippen LogP contribution in [0, 0.1) is 0 Å². The molecule has 1 aliphatic rings. The Morgan fingerprint density at radius 2 is 1.79 bits per heavy atom. The predicted molar refractivity (Wildman–Crippen MR) is 108 cm³/mol. The van der Waals surface area contributed by atoms with Gasteiger partial charge in [-0.3, -0.25) is 9.78 Å². The number of carbonyl (C=O) groups excluding carboxylic acids is 1. The first-order chi connectivity index (χ1) is 13.8. The average Bonchev–Trinajstić information content (AvgIpc) is 3.21. The van der Waals surface area contributed by atoms with E-state index in [-0.39, 0.29) is 12.0 Å². The summed E-state index contributed by atoms with van der Waals surface area (Å²) in [7, 11) is 0.